The van der Waals surface area contributed by atoms with Gasteiger partial charge in [-0.25, -0.2) is 4.98 Å². The lowest BCUT2D eigenvalue weighted by atomic mass is 10.0. The van der Waals surface area contributed by atoms with Crippen LogP contribution in [0.25, 0.3) is 0 Å². The van der Waals surface area contributed by atoms with E-state index in [2.05, 4.69) is 15.3 Å². The molecule has 2 rings (SSSR count). The first-order chi connectivity index (χ1) is 9.95. The maximum atomic E-state index is 12.0. The molecule has 0 aliphatic carbocycles. The van der Waals surface area contributed by atoms with E-state index in [-0.39, 0.29) is 29.1 Å². The average molecular weight is 294 g/mol. The van der Waals surface area contributed by atoms with Crippen molar-refractivity contribution in [1.82, 2.24) is 15.3 Å². The van der Waals surface area contributed by atoms with Crippen LogP contribution in [0.3, 0.4) is 0 Å². The molecule has 0 saturated carbocycles. The van der Waals surface area contributed by atoms with E-state index in [1.807, 2.05) is 0 Å². The normalized spacial score (nSPS) is 18.4. The summed E-state index contributed by atoms with van der Waals surface area (Å²) in [5.74, 6) is -0.0912. The molecule has 0 aromatic carbocycles. The van der Waals surface area contributed by atoms with Crippen LogP contribution in [-0.2, 0) is 4.79 Å². The number of nitrogens with two attached hydrogens (primary N) is 1. The summed E-state index contributed by atoms with van der Waals surface area (Å²) in [6.07, 6.45) is 2.36. The van der Waals surface area contributed by atoms with Crippen LogP contribution in [0.1, 0.15) is 25.0 Å². The van der Waals surface area contributed by atoms with Crippen molar-refractivity contribution in [2.24, 2.45) is 0 Å². The summed E-state index contributed by atoms with van der Waals surface area (Å²) >= 11 is 0. The van der Waals surface area contributed by atoms with Crippen molar-refractivity contribution in [2.45, 2.75) is 32.2 Å². The zero-order valence-corrected chi connectivity index (χ0v) is 12.0. The number of hydrogen-bond donors (Lipinski definition) is 2. The monoisotopic (exact) mass is 294 g/mol. The topological polar surface area (TPSA) is 127 Å². The predicted octanol–water partition coefficient (Wildman–Crippen LogP) is 0.380. The summed E-state index contributed by atoms with van der Waals surface area (Å²) in [7, 11) is 1.54. The lowest BCUT2D eigenvalue weighted by Gasteiger charge is -2.35. The second-order valence-corrected chi connectivity index (χ2v) is 4.92. The number of carbonyl (C=O) groups excluding carboxylic acids is 1. The fraction of sp³-hybridized carbons (Fsp3) is 0.583. The standard InChI is InChI=1S/C12H18N6O3/c1-7-9(18(20)21)10(16-12(13)15-7)17-6-4-3-5-8(17)11(19)14-2/h8H,3-6H2,1-2H3,(H,14,19)(H2,13,15,16). The van der Waals surface area contributed by atoms with E-state index in [0.29, 0.717) is 13.0 Å². The molecule has 1 aliphatic rings. The van der Waals surface area contributed by atoms with Gasteiger partial charge >= 0.3 is 5.69 Å². The molecule has 1 unspecified atom stereocenters. The first-order valence-corrected chi connectivity index (χ1v) is 6.72. The minimum atomic E-state index is -0.528. The lowest BCUT2D eigenvalue weighted by Crippen LogP contribution is -2.49. The Labute approximate surface area is 121 Å². The second kappa shape index (κ2) is 5.90. The van der Waals surface area contributed by atoms with E-state index in [9.17, 15) is 14.9 Å². The molecule has 9 heteroatoms. The molecule has 9 nitrogen and oxygen atoms in total. The number of aromatic nitrogens is 2. The third-order valence-electron chi connectivity index (χ3n) is 3.56. The van der Waals surface area contributed by atoms with Gasteiger partial charge in [-0.1, -0.05) is 0 Å². The Morgan fingerprint density at radius 1 is 1.48 bits per heavy atom. The van der Waals surface area contributed by atoms with Gasteiger partial charge < -0.3 is 16.0 Å². The summed E-state index contributed by atoms with van der Waals surface area (Å²) < 4.78 is 0. The number of amides is 1. The van der Waals surface area contributed by atoms with Gasteiger partial charge in [-0.05, 0) is 26.2 Å². The Morgan fingerprint density at radius 2 is 2.19 bits per heavy atom. The number of rotatable bonds is 3. The second-order valence-electron chi connectivity index (χ2n) is 4.92. The van der Waals surface area contributed by atoms with E-state index in [0.717, 1.165) is 12.8 Å². The van der Waals surface area contributed by atoms with Crippen molar-refractivity contribution < 1.29 is 9.72 Å². The van der Waals surface area contributed by atoms with Gasteiger partial charge in [0.05, 0.1) is 4.92 Å². The molecule has 1 amide bonds. The number of likely N-dealkylation sites (N-methyl/N-ethyl adjacent to an activating group) is 1. The smallest absolute Gasteiger partial charge is 0.332 e. The fourth-order valence-electron chi connectivity index (χ4n) is 2.61. The minimum absolute atomic E-state index is 0.0330. The number of nitrogen functional groups attached to an aromatic ring is 1. The van der Waals surface area contributed by atoms with Crippen molar-refractivity contribution >= 4 is 23.4 Å². The van der Waals surface area contributed by atoms with E-state index < -0.39 is 11.0 Å². The van der Waals surface area contributed by atoms with Crippen LogP contribution >= 0.6 is 0 Å². The van der Waals surface area contributed by atoms with Crippen LogP contribution in [0.15, 0.2) is 0 Å². The summed E-state index contributed by atoms with van der Waals surface area (Å²) in [5, 5.41) is 13.9. The molecule has 0 radical (unpaired) electrons. The van der Waals surface area contributed by atoms with Gasteiger partial charge in [0.25, 0.3) is 0 Å². The van der Waals surface area contributed by atoms with Crippen molar-refractivity contribution in [2.75, 3.05) is 24.2 Å². The highest BCUT2D eigenvalue weighted by molar-refractivity contribution is 5.86. The maximum Gasteiger partial charge on any atom is 0.332 e. The highest BCUT2D eigenvalue weighted by Crippen LogP contribution is 2.33. The molecule has 2 heterocycles. The number of nitro groups is 1. The summed E-state index contributed by atoms with van der Waals surface area (Å²) in [4.78, 5) is 32.3. The first-order valence-electron chi connectivity index (χ1n) is 6.72. The van der Waals surface area contributed by atoms with Gasteiger partial charge in [-0.2, -0.15) is 4.98 Å². The quantitative estimate of drug-likeness (QED) is 0.609. The first kappa shape index (κ1) is 14.9. The molecule has 21 heavy (non-hydrogen) atoms. The minimum Gasteiger partial charge on any atom is -0.368 e. The number of aryl methyl sites for hydroxylation is 1. The Hall–Kier alpha value is -2.45. The maximum absolute atomic E-state index is 12.0. The predicted molar refractivity (Wildman–Crippen MR) is 76.9 cm³/mol. The molecule has 3 N–H and O–H groups in total. The molecular weight excluding hydrogens is 276 g/mol. The molecule has 0 bridgehead atoms. The molecule has 1 fully saturated rings. The summed E-state index contributed by atoms with van der Waals surface area (Å²) in [6.45, 7) is 2.04. The SMILES string of the molecule is CNC(=O)C1CCCCN1c1nc(N)nc(C)c1[N+](=O)[O-]. The van der Waals surface area contributed by atoms with Crippen molar-refractivity contribution in [3.63, 3.8) is 0 Å². The van der Waals surface area contributed by atoms with Gasteiger partial charge in [-0.3, -0.25) is 14.9 Å². The Morgan fingerprint density at radius 3 is 2.81 bits per heavy atom. The number of nitrogens with zero attached hydrogens (tertiary/aromatic N) is 4. The molecule has 1 aliphatic heterocycles. The summed E-state index contributed by atoms with van der Waals surface area (Å²) in [6, 6.07) is -0.476. The number of anilines is 2. The van der Waals surface area contributed by atoms with Crippen LogP contribution in [0.5, 0.6) is 0 Å². The molecular formula is C12H18N6O3. The van der Waals surface area contributed by atoms with Crippen LogP contribution in [-0.4, -0.2) is 40.4 Å². The van der Waals surface area contributed by atoms with Crippen molar-refractivity contribution in [3.8, 4) is 0 Å². The number of piperidine rings is 1. The van der Waals surface area contributed by atoms with E-state index >= 15 is 0 Å². The van der Waals surface area contributed by atoms with E-state index in [4.69, 9.17) is 5.73 Å². The largest absolute Gasteiger partial charge is 0.368 e. The molecule has 1 atom stereocenters. The summed E-state index contributed by atoms with van der Waals surface area (Å²) in [5.41, 5.74) is 5.62. The molecule has 0 spiro atoms. The van der Waals surface area contributed by atoms with Crippen LogP contribution in [0.2, 0.25) is 0 Å². The van der Waals surface area contributed by atoms with Crippen LogP contribution in [0.4, 0.5) is 17.5 Å². The van der Waals surface area contributed by atoms with Crippen LogP contribution < -0.4 is 16.0 Å². The highest BCUT2D eigenvalue weighted by Gasteiger charge is 2.35. The molecule has 1 saturated heterocycles. The molecule has 114 valence electrons. The van der Waals surface area contributed by atoms with Crippen molar-refractivity contribution in [3.05, 3.63) is 15.8 Å². The van der Waals surface area contributed by atoms with Gasteiger partial charge in [0.1, 0.15) is 11.7 Å². The highest BCUT2D eigenvalue weighted by atomic mass is 16.6. The van der Waals surface area contributed by atoms with Crippen LogP contribution in [0, 0.1) is 17.0 Å². The molecule has 1 aromatic rings. The fourth-order valence-corrected chi connectivity index (χ4v) is 2.61. The number of hydrogen-bond acceptors (Lipinski definition) is 7. The van der Waals surface area contributed by atoms with Crippen molar-refractivity contribution in [1.29, 1.82) is 0 Å². The Kier molecular flexibility index (Phi) is 4.20. The zero-order chi connectivity index (χ0) is 15.6. The van der Waals surface area contributed by atoms with Gasteiger partial charge in [0.2, 0.25) is 17.7 Å². The lowest BCUT2D eigenvalue weighted by molar-refractivity contribution is -0.385. The van der Waals surface area contributed by atoms with E-state index in [1.165, 1.54) is 6.92 Å². The molecule has 1 aromatic heterocycles. The Bertz CT molecular complexity index is 576. The van der Waals surface area contributed by atoms with Gasteiger partial charge in [0.15, 0.2) is 0 Å². The van der Waals surface area contributed by atoms with Gasteiger partial charge in [-0.15, -0.1) is 0 Å². The third-order valence-corrected chi connectivity index (χ3v) is 3.56. The number of nitrogens with one attached hydrogen (secondary N) is 1. The van der Waals surface area contributed by atoms with E-state index in [1.54, 1.807) is 11.9 Å². The third kappa shape index (κ3) is 2.86. The van der Waals surface area contributed by atoms with Gasteiger partial charge in [0, 0.05) is 13.6 Å². The zero-order valence-electron chi connectivity index (χ0n) is 12.0. The Balaban J connectivity index is 2.52. The number of carbonyl (C=O) groups is 1. The average Bonchev–Trinajstić information content (AvgIpc) is 2.45.